The fourth-order valence-corrected chi connectivity index (χ4v) is 7.85. The summed E-state index contributed by atoms with van der Waals surface area (Å²) in [5.41, 5.74) is 5.10. The van der Waals surface area contributed by atoms with Crippen LogP contribution in [0.2, 0.25) is 0 Å². The van der Waals surface area contributed by atoms with E-state index in [1.54, 1.807) is 0 Å². The smallest absolute Gasteiger partial charge is 0.0610 e. The van der Waals surface area contributed by atoms with Gasteiger partial charge in [-0.1, -0.05) is 95.1 Å². The second-order valence-corrected chi connectivity index (χ2v) is 12.3. The van der Waals surface area contributed by atoms with Gasteiger partial charge in [0.1, 0.15) is 0 Å². The average Bonchev–Trinajstić information content (AvgIpc) is 3.28. The van der Waals surface area contributed by atoms with Crippen LogP contribution in [0.3, 0.4) is 0 Å². The van der Waals surface area contributed by atoms with Crippen LogP contribution in [-0.2, 0) is 4.74 Å². The summed E-state index contributed by atoms with van der Waals surface area (Å²) in [5, 5.41) is 3.71. The van der Waals surface area contributed by atoms with Crippen molar-refractivity contribution < 1.29 is 4.74 Å². The van der Waals surface area contributed by atoms with Gasteiger partial charge in [-0.05, 0) is 99.5 Å². The van der Waals surface area contributed by atoms with E-state index in [-0.39, 0.29) is 0 Å². The van der Waals surface area contributed by atoms with E-state index in [4.69, 9.17) is 4.74 Å². The lowest BCUT2D eigenvalue weighted by Crippen LogP contribution is -2.37. The van der Waals surface area contributed by atoms with Crippen molar-refractivity contribution in [3.05, 3.63) is 35.8 Å². The Morgan fingerprint density at radius 3 is 2.17 bits per heavy atom. The van der Waals surface area contributed by atoms with Crippen LogP contribution >= 0.6 is 0 Å². The molecule has 6 atom stereocenters. The maximum Gasteiger partial charge on any atom is 0.0610 e. The Balaban J connectivity index is 0.00000237. The normalized spacial score (nSPS) is 29.7. The standard InChI is InChI=1S/C31H52N2O.3C2H6/c1-9-18-31(7)27(23(4)33-29-16-11-22(3)32-24(29)5)14-15-28(31)26-13-12-25(10-2)20-30(6,19-17-26)21-34-8;3*1-2/h11,16,25-28,33H,4,9-10,12-15,17-21H2,1-3,5-8H3;3*1-2H3/t25?,26?,27?,28?,30-,31?;;;/m0.../s1. The van der Waals surface area contributed by atoms with Gasteiger partial charge < -0.3 is 10.1 Å². The van der Waals surface area contributed by atoms with Crippen molar-refractivity contribution in [3.8, 4) is 0 Å². The molecule has 1 N–H and O–H groups in total. The van der Waals surface area contributed by atoms with Crippen LogP contribution in [0.4, 0.5) is 5.69 Å². The molecule has 0 saturated heterocycles. The van der Waals surface area contributed by atoms with E-state index in [9.17, 15) is 0 Å². The average molecular weight is 559 g/mol. The highest BCUT2D eigenvalue weighted by molar-refractivity contribution is 5.52. The zero-order chi connectivity index (χ0) is 30.9. The lowest BCUT2D eigenvalue weighted by Gasteiger charge is -2.44. The van der Waals surface area contributed by atoms with E-state index < -0.39 is 0 Å². The summed E-state index contributed by atoms with van der Waals surface area (Å²) in [7, 11) is 1.88. The fourth-order valence-electron chi connectivity index (χ4n) is 7.85. The number of nitrogens with zero attached hydrogens (tertiary/aromatic N) is 1. The van der Waals surface area contributed by atoms with Gasteiger partial charge in [-0.2, -0.15) is 0 Å². The molecule has 2 fully saturated rings. The van der Waals surface area contributed by atoms with Crippen LogP contribution in [0, 0.1) is 48.3 Å². The first-order chi connectivity index (χ1) is 19.2. The third-order valence-corrected chi connectivity index (χ3v) is 9.62. The SMILES string of the molecule is C=C(Nc1ccc(C)nc1C)C1CCC(C2CCC(CC)C[C@@](C)(COC)CC2)C1(C)CCC.CC.CC.CC. The van der Waals surface area contributed by atoms with Crippen LogP contribution in [-0.4, -0.2) is 18.7 Å². The molecule has 1 aromatic rings. The summed E-state index contributed by atoms with van der Waals surface area (Å²) in [6.07, 6.45) is 13.2. The van der Waals surface area contributed by atoms with Crippen molar-refractivity contribution in [1.82, 2.24) is 4.98 Å². The van der Waals surface area contributed by atoms with Crippen LogP contribution < -0.4 is 5.32 Å². The number of rotatable bonds is 9. The number of allylic oxidation sites excluding steroid dienone is 1. The molecule has 2 aliphatic carbocycles. The van der Waals surface area contributed by atoms with Gasteiger partial charge in [0, 0.05) is 24.4 Å². The Labute approximate surface area is 251 Å². The predicted octanol–water partition coefficient (Wildman–Crippen LogP) is 11.8. The molecule has 1 heterocycles. The van der Waals surface area contributed by atoms with Gasteiger partial charge in [-0.15, -0.1) is 0 Å². The number of ether oxygens (including phenoxy) is 1. The van der Waals surface area contributed by atoms with Crippen LogP contribution in [0.1, 0.15) is 145 Å². The molecule has 0 aliphatic heterocycles. The van der Waals surface area contributed by atoms with E-state index in [1.165, 1.54) is 69.9 Å². The number of hydrogen-bond acceptors (Lipinski definition) is 3. The third-order valence-electron chi connectivity index (χ3n) is 9.62. The minimum Gasteiger partial charge on any atom is -0.384 e. The molecule has 234 valence electrons. The van der Waals surface area contributed by atoms with E-state index in [2.05, 4.69) is 70.6 Å². The molecule has 0 spiro atoms. The Morgan fingerprint density at radius 2 is 1.62 bits per heavy atom. The van der Waals surface area contributed by atoms with Crippen LogP contribution in [0.15, 0.2) is 24.4 Å². The number of aromatic nitrogens is 1. The lowest BCUT2D eigenvalue weighted by atomic mass is 9.61. The molecule has 0 radical (unpaired) electrons. The minimum absolute atomic E-state index is 0.314. The van der Waals surface area contributed by atoms with Gasteiger partial charge in [-0.25, -0.2) is 0 Å². The van der Waals surface area contributed by atoms with Crippen molar-refractivity contribution in [3.63, 3.8) is 0 Å². The molecule has 5 unspecified atom stereocenters. The summed E-state index contributed by atoms with van der Waals surface area (Å²) in [5.74, 6) is 2.97. The van der Waals surface area contributed by atoms with E-state index in [0.29, 0.717) is 16.7 Å². The van der Waals surface area contributed by atoms with Crippen molar-refractivity contribution in [2.45, 2.75) is 147 Å². The molecular weight excluding hydrogens is 488 g/mol. The molecule has 3 nitrogen and oxygen atoms in total. The maximum absolute atomic E-state index is 5.71. The number of hydrogen-bond donors (Lipinski definition) is 1. The van der Waals surface area contributed by atoms with Crippen LogP contribution in [0.5, 0.6) is 0 Å². The summed E-state index contributed by atoms with van der Waals surface area (Å²) >= 11 is 0. The second kappa shape index (κ2) is 19.7. The molecule has 2 aliphatic rings. The molecule has 3 rings (SSSR count). The van der Waals surface area contributed by atoms with E-state index in [0.717, 1.165) is 41.4 Å². The highest BCUT2D eigenvalue weighted by Crippen LogP contribution is 2.58. The topological polar surface area (TPSA) is 34.2 Å². The number of methoxy groups -OCH3 is 1. The van der Waals surface area contributed by atoms with Crippen molar-refractivity contribution in [2.75, 3.05) is 19.0 Å². The Hall–Kier alpha value is -1.35. The highest BCUT2D eigenvalue weighted by Gasteiger charge is 2.50. The molecule has 0 amide bonds. The zero-order valence-electron chi connectivity index (χ0n) is 29.3. The molecule has 0 bridgehead atoms. The fraction of sp³-hybridized carbons (Fsp3) is 0.811. The first-order valence-electron chi connectivity index (χ1n) is 17.0. The van der Waals surface area contributed by atoms with E-state index in [1.807, 2.05) is 48.7 Å². The Bertz CT molecular complexity index is 820. The molecular formula is C37H70N2O. The summed E-state index contributed by atoms with van der Waals surface area (Å²) in [6, 6.07) is 4.27. The monoisotopic (exact) mass is 559 g/mol. The first-order valence-corrected chi connectivity index (χ1v) is 17.0. The molecule has 0 aromatic carbocycles. The first kappa shape index (κ1) is 38.6. The molecule has 3 heteroatoms. The molecule has 1 aromatic heterocycles. The van der Waals surface area contributed by atoms with Gasteiger partial charge in [0.05, 0.1) is 18.0 Å². The van der Waals surface area contributed by atoms with Crippen molar-refractivity contribution in [2.24, 2.45) is 34.5 Å². The van der Waals surface area contributed by atoms with Crippen LogP contribution in [0.25, 0.3) is 0 Å². The summed E-state index contributed by atoms with van der Waals surface area (Å²) in [6.45, 7) is 31.5. The lowest BCUT2D eigenvalue weighted by molar-refractivity contribution is 0.0285. The number of pyridine rings is 1. The Kier molecular flexibility index (Phi) is 19.0. The van der Waals surface area contributed by atoms with Gasteiger partial charge in [-0.3, -0.25) is 4.98 Å². The summed E-state index contributed by atoms with van der Waals surface area (Å²) in [4.78, 5) is 4.66. The largest absolute Gasteiger partial charge is 0.384 e. The van der Waals surface area contributed by atoms with Gasteiger partial charge in [0.15, 0.2) is 0 Å². The molecule has 2 saturated carbocycles. The van der Waals surface area contributed by atoms with Gasteiger partial charge in [0.2, 0.25) is 0 Å². The predicted molar refractivity (Wildman–Crippen MR) is 180 cm³/mol. The number of aryl methyl sites for hydroxylation is 2. The van der Waals surface area contributed by atoms with Crippen molar-refractivity contribution in [1.29, 1.82) is 0 Å². The number of nitrogens with one attached hydrogen (secondary N) is 1. The van der Waals surface area contributed by atoms with E-state index >= 15 is 0 Å². The van der Waals surface area contributed by atoms with Gasteiger partial charge in [0.25, 0.3) is 0 Å². The summed E-state index contributed by atoms with van der Waals surface area (Å²) < 4.78 is 5.71. The quantitative estimate of drug-likeness (QED) is 0.327. The van der Waals surface area contributed by atoms with Crippen molar-refractivity contribution >= 4 is 5.69 Å². The zero-order valence-corrected chi connectivity index (χ0v) is 29.3. The Morgan fingerprint density at radius 1 is 0.975 bits per heavy atom. The van der Waals surface area contributed by atoms with Gasteiger partial charge >= 0.3 is 0 Å². The third kappa shape index (κ3) is 10.5. The number of anilines is 1. The minimum atomic E-state index is 0.314. The second-order valence-electron chi connectivity index (χ2n) is 12.3. The highest BCUT2D eigenvalue weighted by atomic mass is 16.5. The molecule has 40 heavy (non-hydrogen) atoms. The maximum atomic E-state index is 5.71.